The molecule has 0 amide bonds. The maximum Gasteiger partial charge on any atom is 0.308 e. The number of carboxylic acid groups (broad SMARTS) is 1. The van der Waals surface area contributed by atoms with Gasteiger partial charge >= 0.3 is 5.97 Å². The van der Waals surface area contributed by atoms with E-state index in [1.54, 1.807) is 6.92 Å². The van der Waals surface area contributed by atoms with Gasteiger partial charge < -0.3 is 10.2 Å². The fourth-order valence-corrected chi connectivity index (χ4v) is 1.52. The Bertz CT molecular complexity index is 166. The third-order valence-corrected chi connectivity index (χ3v) is 2.33. The quantitative estimate of drug-likeness (QED) is 0.691. The Kier molecular flexibility index (Phi) is 4.99. The van der Waals surface area contributed by atoms with E-state index in [1.807, 2.05) is 6.92 Å². The van der Waals surface area contributed by atoms with Crippen LogP contribution in [0.3, 0.4) is 0 Å². The van der Waals surface area contributed by atoms with Gasteiger partial charge in [-0.3, -0.25) is 4.79 Å². The van der Waals surface area contributed by atoms with Crippen molar-refractivity contribution >= 4 is 5.97 Å². The van der Waals surface area contributed by atoms with Crippen molar-refractivity contribution in [1.82, 2.24) is 0 Å². The van der Waals surface area contributed by atoms with E-state index in [-0.39, 0.29) is 5.92 Å². The van der Waals surface area contributed by atoms with Crippen molar-refractivity contribution in [2.24, 2.45) is 17.8 Å². The first-order chi connectivity index (χ1) is 5.86. The maximum absolute atomic E-state index is 10.6. The lowest BCUT2D eigenvalue weighted by Crippen LogP contribution is -2.31. The summed E-state index contributed by atoms with van der Waals surface area (Å²) in [6, 6.07) is 0. The van der Waals surface area contributed by atoms with Crippen molar-refractivity contribution in [2.45, 2.75) is 40.2 Å². The third kappa shape index (κ3) is 4.27. The van der Waals surface area contributed by atoms with E-state index in [0.29, 0.717) is 5.92 Å². The van der Waals surface area contributed by atoms with Gasteiger partial charge in [0.05, 0.1) is 12.0 Å². The van der Waals surface area contributed by atoms with E-state index in [2.05, 4.69) is 13.8 Å². The molecule has 2 N–H and O–H groups in total. The van der Waals surface area contributed by atoms with Crippen LogP contribution in [0.4, 0.5) is 0 Å². The van der Waals surface area contributed by atoms with Crippen LogP contribution in [0.15, 0.2) is 0 Å². The summed E-state index contributed by atoms with van der Waals surface area (Å²) in [7, 11) is 0. The lowest BCUT2D eigenvalue weighted by atomic mass is 9.87. The molecule has 0 aliphatic heterocycles. The lowest BCUT2D eigenvalue weighted by molar-refractivity contribution is -0.146. The van der Waals surface area contributed by atoms with Crippen molar-refractivity contribution in [3.8, 4) is 0 Å². The maximum atomic E-state index is 10.6. The van der Waals surface area contributed by atoms with Gasteiger partial charge in [0, 0.05) is 0 Å². The van der Waals surface area contributed by atoms with Crippen LogP contribution in [-0.2, 0) is 4.79 Å². The number of aliphatic carboxylic acids is 1. The Hall–Kier alpha value is -0.570. The summed E-state index contributed by atoms with van der Waals surface area (Å²) in [5.74, 6) is -1.06. The molecule has 0 fully saturated rings. The van der Waals surface area contributed by atoms with Gasteiger partial charge in [0.2, 0.25) is 0 Å². The summed E-state index contributed by atoms with van der Waals surface area (Å²) in [6.07, 6.45) is 0.124. The first-order valence-corrected chi connectivity index (χ1v) is 4.77. The highest BCUT2D eigenvalue weighted by Gasteiger charge is 2.26. The molecular weight excluding hydrogens is 168 g/mol. The molecule has 0 saturated carbocycles. The zero-order valence-electron chi connectivity index (χ0n) is 8.82. The second-order valence-corrected chi connectivity index (χ2v) is 4.22. The Labute approximate surface area is 79.8 Å². The molecule has 0 aromatic heterocycles. The van der Waals surface area contributed by atoms with E-state index in [1.165, 1.54) is 0 Å². The van der Waals surface area contributed by atoms with Crippen LogP contribution in [0.1, 0.15) is 34.1 Å². The summed E-state index contributed by atoms with van der Waals surface area (Å²) in [5, 5.41) is 18.3. The molecule has 0 unspecified atom stereocenters. The van der Waals surface area contributed by atoms with Crippen LogP contribution < -0.4 is 0 Å². The topological polar surface area (TPSA) is 57.5 Å². The number of aliphatic hydroxyl groups is 1. The van der Waals surface area contributed by atoms with Gasteiger partial charge in [0.1, 0.15) is 0 Å². The van der Waals surface area contributed by atoms with Crippen LogP contribution in [-0.4, -0.2) is 22.3 Å². The largest absolute Gasteiger partial charge is 0.481 e. The number of aliphatic hydroxyl groups excluding tert-OH is 1. The smallest absolute Gasteiger partial charge is 0.308 e. The first kappa shape index (κ1) is 12.4. The third-order valence-electron chi connectivity index (χ3n) is 2.33. The van der Waals surface area contributed by atoms with Gasteiger partial charge in [-0.2, -0.15) is 0 Å². The molecular formula is C10H20O3. The van der Waals surface area contributed by atoms with Crippen molar-refractivity contribution in [1.29, 1.82) is 0 Å². The highest BCUT2D eigenvalue weighted by atomic mass is 16.4. The van der Waals surface area contributed by atoms with Gasteiger partial charge in [-0.15, -0.1) is 0 Å². The molecule has 0 aliphatic carbocycles. The average molecular weight is 188 g/mol. The predicted molar refractivity (Wildman–Crippen MR) is 51.4 cm³/mol. The van der Waals surface area contributed by atoms with E-state index < -0.39 is 18.0 Å². The Balaban J connectivity index is 4.08. The SMILES string of the molecule is CC(C)C[C@H](C)[C@@H](O)[C@@H](C)C(=O)O. The second-order valence-electron chi connectivity index (χ2n) is 4.22. The van der Waals surface area contributed by atoms with Gasteiger partial charge in [-0.1, -0.05) is 20.8 Å². The van der Waals surface area contributed by atoms with Crippen molar-refractivity contribution in [3.63, 3.8) is 0 Å². The number of rotatable bonds is 5. The van der Waals surface area contributed by atoms with Crippen molar-refractivity contribution in [3.05, 3.63) is 0 Å². The summed E-state index contributed by atoms with van der Waals surface area (Å²) in [5.41, 5.74) is 0. The van der Waals surface area contributed by atoms with Crippen LogP contribution in [0.25, 0.3) is 0 Å². The molecule has 0 bridgehead atoms. The molecule has 3 atom stereocenters. The summed E-state index contributed by atoms with van der Waals surface area (Å²) in [4.78, 5) is 10.6. The van der Waals surface area contributed by atoms with Crippen molar-refractivity contribution in [2.75, 3.05) is 0 Å². The molecule has 0 heterocycles. The van der Waals surface area contributed by atoms with Gasteiger partial charge in [-0.05, 0) is 25.2 Å². The zero-order valence-corrected chi connectivity index (χ0v) is 8.82. The highest BCUT2D eigenvalue weighted by Crippen LogP contribution is 2.20. The molecule has 0 aromatic carbocycles. The summed E-state index contributed by atoms with van der Waals surface area (Å²) < 4.78 is 0. The standard InChI is InChI=1S/C10H20O3/c1-6(2)5-7(3)9(11)8(4)10(12)13/h6-9,11H,5H2,1-4H3,(H,12,13)/t7-,8+,9+/m0/s1. The molecule has 0 saturated heterocycles. The fourth-order valence-electron chi connectivity index (χ4n) is 1.52. The predicted octanol–water partition coefficient (Wildman–Crippen LogP) is 1.75. The Morgan fingerprint density at radius 2 is 1.69 bits per heavy atom. The van der Waals surface area contributed by atoms with E-state index in [0.717, 1.165) is 6.42 Å². The molecule has 13 heavy (non-hydrogen) atoms. The lowest BCUT2D eigenvalue weighted by Gasteiger charge is -2.23. The zero-order chi connectivity index (χ0) is 10.6. The Morgan fingerprint density at radius 3 is 2.00 bits per heavy atom. The molecule has 78 valence electrons. The van der Waals surface area contributed by atoms with E-state index >= 15 is 0 Å². The molecule has 0 aliphatic rings. The monoisotopic (exact) mass is 188 g/mol. The van der Waals surface area contributed by atoms with Crippen LogP contribution in [0.2, 0.25) is 0 Å². The molecule has 0 radical (unpaired) electrons. The highest BCUT2D eigenvalue weighted by molar-refractivity contribution is 5.70. The first-order valence-electron chi connectivity index (χ1n) is 4.77. The number of hydrogen-bond acceptors (Lipinski definition) is 2. The molecule has 0 rings (SSSR count). The number of carboxylic acids is 1. The molecule has 0 spiro atoms. The average Bonchev–Trinajstić information content (AvgIpc) is 2.00. The fraction of sp³-hybridized carbons (Fsp3) is 0.900. The van der Waals surface area contributed by atoms with Crippen LogP contribution in [0, 0.1) is 17.8 Å². The van der Waals surface area contributed by atoms with Crippen LogP contribution >= 0.6 is 0 Å². The van der Waals surface area contributed by atoms with Gasteiger partial charge in [0.25, 0.3) is 0 Å². The minimum Gasteiger partial charge on any atom is -0.481 e. The van der Waals surface area contributed by atoms with E-state index in [9.17, 15) is 9.90 Å². The summed E-state index contributed by atoms with van der Waals surface area (Å²) >= 11 is 0. The Morgan fingerprint density at radius 1 is 1.23 bits per heavy atom. The van der Waals surface area contributed by atoms with E-state index in [4.69, 9.17) is 5.11 Å². The van der Waals surface area contributed by atoms with Crippen LogP contribution in [0.5, 0.6) is 0 Å². The summed E-state index contributed by atoms with van der Waals surface area (Å²) in [6.45, 7) is 7.57. The second kappa shape index (κ2) is 5.22. The van der Waals surface area contributed by atoms with Gasteiger partial charge in [0.15, 0.2) is 0 Å². The molecule has 3 heteroatoms. The molecule has 3 nitrogen and oxygen atoms in total. The normalized spacial score (nSPS) is 18.3. The minimum absolute atomic E-state index is 0.0473. The minimum atomic E-state index is -0.928. The van der Waals surface area contributed by atoms with Crippen molar-refractivity contribution < 1.29 is 15.0 Å². The van der Waals surface area contributed by atoms with Gasteiger partial charge in [-0.25, -0.2) is 0 Å². The number of carbonyl (C=O) groups is 1. The number of hydrogen-bond donors (Lipinski definition) is 2. The molecule has 0 aromatic rings.